The highest BCUT2D eigenvalue weighted by molar-refractivity contribution is 6.03. The molecule has 2 heterocycles. The summed E-state index contributed by atoms with van der Waals surface area (Å²) in [6.45, 7) is 5.85. The monoisotopic (exact) mass is 443 g/mol. The molecule has 2 aromatic carbocycles. The zero-order valence-corrected chi connectivity index (χ0v) is 18.1. The van der Waals surface area contributed by atoms with Crippen molar-refractivity contribution >= 4 is 17.4 Å². The van der Waals surface area contributed by atoms with Gasteiger partial charge in [-0.3, -0.25) is 9.59 Å². The summed E-state index contributed by atoms with van der Waals surface area (Å²) in [7, 11) is 0. The van der Waals surface area contributed by atoms with Gasteiger partial charge < -0.3 is 24.2 Å². The number of carboxylic acids is 1. The molecule has 8 heteroatoms. The van der Waals surface area contributed by atoms with E-state index in [-0.39, 0.29) is 12.4 Å². The number of fused-ring (bicyclic) bond motifs is 1. The first-order chi connectivity index (χ1) is 15.3. The van der Waals surface area contributed by atoms with Crippen LogP contribution in [0, 0.1) is 18.7 Å². The predicted octanol–water partition coefficient (Wildman–Crippen LogP) is 3.47. The summed E-state index contributed by atoms with van der Waals surface area (Å²) in [5, 5.41) is 9.43. The molecule has 0 aromatic heterocycles. The van der Waals surface area contributed by atoms with Crippen LogP contribution >= 0.6 is 0 Å². The first kappa shape index (κ1) is 22.1. The second kappa shape index (κ2) is 8.78. The summed E-state index contributed by atoms with van der Waals surface area (Å²) >= 11 is 0. The highest BCUT2D eigenvalue weighted by Gasteiger charge is 2.48. The lowest BCUT2D eigenvalue weighted by atomic mass is 9.78. The van der Waals surface area contributed by atoms with Crippen LogP contribution < -0.4 is 14.4 Å². The first-order valence-electron chi connectivity index (χ1n) is 10.6. The third kappa shape index (κ3) is 4.27. The number of Topliss-reactive ketones (excluding diaryl/α,β-unsaturated/α-hetero) is 1. The van der Waals surface area contributed by atoms with E-state index in [2.05, 4.69) is 4.90 Å². The van der Waals surface area contributed by atoms with Crippen LogP contribution in [-0.4, -0.2) is 55.4 Å². The third-order valence-corrected chi connectivity index (χ3v) is 6.11. The predicted molar refractivity (Wildman–Crippen MR) is 115 cm³/mol. The van der Waals surface area contributed by atoms with Crippen LogP contribution in [0.2, 0.25) is 0 Å². The fourth-order valence-corrected chi connectivity index (χ4v) is 4.18. The number of hydrogen-bond acceptors (Lipinski definition) is 6. The van der Waals surface area contributed by atoms with E-state index in [1.807, 2.05) is 6.07 Å². The largest absolute Gasteiger partial charge is 0.489 e. The smallest absolute Gasteiger partial charge is 0.304 e. The van der Waals surface area contributed by atoms with Gasteiger partial charge in [0.15, 0.2) is 11.4 Å². The number of hydrogen-bond donors (Lipinski definition) is 1. The fourth-order valence-electron chi connectivity index (χ4n) is 4.18. The Morgan fingerprint density at radius 3 is 2.75 bits per heavy atom. The van der Waals surface area contributed by atoms with Crippen LogP contribution in [0.1, 0.15) is 29.3 Å². The normalized spacial score (nSPS) is 22.8. The van der Waals surface area contributed by atoms with E-state index in [0.717, 1.165) is 18.8 Å². The number of carbonyl (C=O) groups is 2. The Morgan fingerprint density at radius 1 is 1.28 bits per heavy atom. The average Bonchev–Trinajstić information content (AvgIpc) is 2.78. The summed E-state index contributed by atoms with van der Waals surface area (Å²) in [4.78, 5) is 27.0. The summed E-state index contributed by atoms with van der Waals surface area (Å²) < 4.78 is 31.4. The molecular weight excluding hydrogens is 417 g/mol. The number of benzene rings is 2. The molecule has 7 nitrogen and oxygen atoms in total. The van der Waals surface area contributed by atoms with Gasteiger partial charge in [0.1, 0.15) is 23.9 Å². The number of nitrogens with zero attached hydrogens (tertiary/aromatic N) is 1. The molecule has 0 amide bonds. The molecule has 1 N–H and O–H groups in total. The zero-order valence-electron chi connectivity index (χ0n) is 18.1. The minimum absolute atomic E-state index is 0.109. The van der Waals surface area contributed by atoms with Crippen molar-refractivity contribution < 1.29 is 33.3 Å². The van der Waals surface area contributed by atoms with Crippen molar-refractivity contribution in [3.05, 3.63) is 53.3 Å². The molecule has 1 fully saturated rings. The van der Waals surface area contributed by atoms with Gasteiger partial charge in [0, 0.05) is 30.4 Å². The van der Waals surface area contributed by atoms with Gasteiger partial charge in [-0.2, -0.15) is 0 Å². The molecule has 0 bridgehead atoms. The van der Waals surface area contributed by atoms with Crippen molar-refractivity contribution in [2.45, 2.75) is 25.9 Å². The Kier molecular flexibility index (Phi) is 6.06. The van der Waals surface area contributed by atoms with E-state index in [1.165, 1.54) is 12.1 Å². The van der Waals surface area contributed by atoms with Crippen LogP contribution in [-0.2, 0) is 9.53 Å². The molecule has 0 radical (unpaired) electrons. The first-order valence-corrected chi connectivity index (χ1v) is 10.6. The van der Waals surface area contributed by atoms with E-state index in [9.17, 15) is 19.1 Å². The highest BCUT2D eigenvalue weighted by Crippen LogP contribution is 2.41. The number of carbonyl (C=O) groups excluding carboxylic acids is 1. The lowest BCUT2D eigenvalue weighted by molar-refractivity contribution is -0.140. The average molecular weight is 443 g/mol. The Morgan fingerprint density at radius 2 is 2.03 bits per heavy atom. The van der Waals surface area contributed by atoms with Crippen molar-refractivity contribution in [3.8, 4) is 11.5 Å². The summed E-state index contributed by atoms with van der Waals surface area (Å²) in [6.07, 6.45) is -0.397. The fraction of sp³-hybridized carbons (Fsp3) is 0.417. The molecule has 32 heavy (non-hydrogen) atoms. The van der Waals surface area contributed by atoms with Crippen molar-refractivity contribution in [2.24, 2.45) is 5.92 Å². The molecule has 2 unspecified atom stereocenters. The molecule has 2 aromatic rings. The van der Waals surface area contributed by atoms with E-state index < -0.39 is 29.7 Å². The van der Waals surface area contributed by atoms with Crippen LogP contribution in [0.5, 0.6) is 11.5 Å². The van der Waals surface area contributed by atoms with Crippen LogP contribution in [0.3, 0.4) is 0 Å². The molecule has 2 atom stereocenters. The summed E-state index contributed by atoms with van der Waals surface area (Å²) in [5.74, 6) is -2.05. The Labute approximate surface area is 185 Å². The van der Waals surface area contributed by atoms with Crippen molar-refractivity contribution in [1.82, 2.24) is 0 Å². The minimum atomic E-state index is -1.25. The molecule has 0 aliphatic carbocycles. The Bertz CT molecular complexity index is 1040. The molecule has 0 spiro atoms. The number of ether oxygens (including phenoxy) is 3. The number of morpholine rings is 1. The number of halogens is 1. The minimum Gasteiger partial charge on any atom is -0.489 e. The summed E-state index contributed by atoms with van der Waals surface area (Å²) in [5.41, 5.74) is 0.349. The topological polar surface area (TPSA) is 85.3 Å². The van der Waals surface area contributed by atoms with Crippen molar-refractivity contribution in [2.75, 3.05) is 37.8 Å². The van der Waals surface area contributed by atoms with Crippen molar-refractivity contribution in [3.63, 3.8) is 0 Å². The molecule has 2 aliphatic heterocycles. The second-order valence-electron chi connectivity index (χ2n) is 8.36. The second-order valence-corrected chi connectivity index (χ2v) is 8.36. The molecule has 4 rings (SSSR count). The SMILES string of the molecule is Cc1c(F)cccc1OCC1(C)Oc2cc(N3CCOCC3)ccc2C(=O)C1CC(=O)O. The van der Waals surface area contributed by atoms with Crippen LogP contribution in [0.15, 0.2) is 36.4 Å². The number of aliphatic carboxylic acids is 1. The lowest BCUT2D eigenvalue weighted by Gasteiger charge is -2.41. The van der Waals surface area contributed by atoms with Gasteiger partial charge in [-0.15, -0.1) is 0 Å². The van der Waals surface area contributed by atoms with Gasteiger partial charge in [0.25, 0.3) is 0 Å². The standard InChI is InChI=1S/C24H26FNO6/c1-15-19(25)4-3-5-20(15)31-14-24(2)18(13-22(27)28)23(29)17-7-6-16(12-21(17)32-24)26-8-10-30-11-9-26/h3-7,12,18H,8-11,13-14H2,1-2H3,(H,27,28). The Hall–Kier alpha value is -3.13. The maximum atomic E-state index is 13.9. The highest BCUT2D eigenvalue weighted by atomic mass is 19.1. The molecule has 0 saturated carbocycles. The molecule has 170 valence electrons. The maximum absolute atomic E-state index is 13.9. The molecule has 2 aliphatic rings. The van der Waals surface area contributed by atoms with Gasteiger partial charge in [-0.05, 0) is 38.1 Å². The van der Waals surface area contributed by atoms with E-state index in [4.69, 9.17) is 14.2 Å². The zero-order chi connectivity index (χ0) is 22.9. The van der Waals surface area contributed by atoms with Gasteiger partial charge in [-0.25, -0.2) is 4.39 Å². The van der Waals surface area contributed by atoms with Crippen LogP contribution in [0.25, 0.3) is 0 Å². The van der Waals surface area contributed by atoms with Crippen LogP contribution in [0.4, 0.5) is 10.1 Å². The van der Waals surface area contributed by atoms with E-state index >= 15 is 0 Å². The van der Waals surface area contributed by atoms with Gasteiger partial charge in [0.05, 0.1) is 31.1 Å². The van der Waals surface area contributed by atoms with E-state index in [0.29, 0.717) is 35.8 Å². The van der Waals surface area contributed by atoms with Gasteiger partial charge in [-0.1, -0.05) is 6.07 Å². The number of ketones is 1. The third-order valence-electron chi connectivity index (χ3n) is 6.11. The van der Waals surface area contributed by atoms with Gasteiger partial charge in [0.2, 0.25) is 0 Å². The molecule has 1 saturated heterocycles. The van der Waals surface area contributed by atoms with Gasteiger partial charge >= 0.3 is 5.97 Å². The summed E-state index contributed by atoms with van der Waals surface area (Å²) in [6, 6.07) is 9.84. The number of rotatable bonds is 6. The van der Waals surface area contributed by atoms with E-state index in [1.54, 1.807) is 32.0 Å². The molecular formula is C24H26FNO6. The number of carboxylic acid groups (broad SMARTS) is 1. The lowest BCUT2D eigenvalue weighted by Crippen LogP contribution is -2.53. The van der Waals surface area contributed by atoms with Crippen molar-refractivity contribution in [1.29, 1.82) is 0 Å². The number of anilines is 1. The quantitative estimate of drug-likeness (QED) is 0.732. The maximum Gasteiger partial charge on any atom is 0.304 e. The Balaban J connectivity index is 1.65.